The maximum absolute atomic E-state index is 11.8. The number of nitrogens with zero attached hydrogens (tertiary/aromatic N) is 1. The average molecular weight is 340 g/mol. The lowest BCUT2D eigenvalue weighted by atomic mass is 9.97. The summed E-state index contributed by atoms with van der Waals surface area (Å²) in [6.45, 7) is 5.03. The van der Waals surface area contributed by atoms with Crippen LogP contribution in [0.2, 0.25) is 5.02 Å². The zero-order chi connectivity index (χ0) is 16.7. The van der Waals surface area contributed by atoms with Gasteiger partial charge in [-0.15, -0.1) is 0 Å². The van der Waals surface area contributed by atoms with E-state index in [1.54, 1.807) is 0 Å². The molecule has 1 amide bonds. The molecule has 23 heavy (non-hydrogen) atoms. The Morgan fingerprint density at radius 1 is 1.39 bits per heavy atom. The van der Waals surface area contributed by atoms with E-state index in [1.807, 2.05) is 25.1 Å². The topological polar surface area (TPSA) is 64.6 Å². The largest absolute Gasteiger partial charge is 0.396 e. The van der Waals surface area contributed by atoms with Gasteiger partial charge in [0.25, 0.3) is 0 Å². The fourth-order valence-corrected chi connectivity index (χ4v) is 2.96. The van der Waals surface area contributed by atoms with Crippen LogP contribution in [0.4, 0.5) is 11.4 Å². The van der Waals surface area contributed by atoms with Gasteiger partial charge < -0.3 is 20.6 Å². The van der Waals surface area contributed by atoms with E-state index in [2.05, 4.69) is 15.5 Å². The minimum absolute atomic E-state index is 0.0169. The molecule has 128 valence electrons. The van der Waals surface area contributed by atoms with Crippen molar-refractivity contribution in [2.75, 3.05) is 43.0 Å². The number of aliphatic hydroxyl groups is 1. The first kappa shape index (κ1) is 17.9. The van der Waals surface area contributed by atoms with Crippen molar-refractivity contribution in [3.8, 4) is 0 Å². The van der Waals surface area contributed by atoms with E-state index in [0.29, 0.717) is 17.5 Å². The summed E-state index contributed by atoms with van der Waals surface area (Å²) in [6.07, 6.45) is 2.89. The molecule has 1 aliphatic heterocycles. The van der Waals surface area contributed by atoms with Gasteiger partial charge in [-0.05, 0) is 43.4 Å². The number of carbonyl (C=O) groups is 1. The monoisotopic (exact) mass is 339 g/mol. The normalized spacial score (nSPS) is 15.5. The van der Waals surface area contributed by atoms with Crippen molar-refractivity contribution in [3.05, 3.63) is 23.2 Å². The summed E-state index contributed by atoms with van der Waals surface area (Å²) < 4.78 is 0. The number of rotatable bonds is 7. The lowest BCUT2D eigenvalue weighted by Gasteiger charge is -2.34. The lowest BCUT2D eigenvalue weighted by molar-refractivity contribution is -0.119. The first-order valence-electron chi connectivity index (χ1n) is 8.30. The molecule has 1 aromatic carbocycles. The molecule has 0 bridgehead atoms. The van der Waals surface area contributed by atoms with Crippen molar-refractivity contribution >= 4 is 28.9 Å². The number of aliphatic hydroxyl groups excluding tert-OH is 1. The van der Waals surface area contributed by atoms with Crippen molar-refractivity contribution in [1.82, 2.24) is 5.32 Å². The molecule has 5 nitrogen and oxygen atoms in total. The SMILES string of the molecule is CCCNC(=O)CNc1cc(Cl)ccc1N1CCC(CO)CC1. The van der Waals surface area contributed by atoms with Crippen LogP contribution in [0.25, 0.3) is 0 Å². The van der Waals surface area contributed by atoms with Crippen LogP contribution in [-0.4, -0.2) is 43.8 Å². The molecule has 0 spiro atoms. The summed E-state index contributed by atoms with van der Waals surface area (Å²) in [5.74, 6) is 0.381. The van der Waals surface area contributed by atoms with Crippen molar-refractivity contribution < 1.29 is 9.90 Å². The molecular formula is C17H26ClN3O2. The number of piperidine rings is 1. The molecule has 1 aromatic rings. The highest BCUT2D eigenvalue weighted by Crippen LogP contribution is 2.32. The summed E-state index contributed by atoms with van der Waals surface area (Å²) in [4.78, 5) is 14.1. The maximum Gasteiger partial charge on any atom is 0.239 e. The van der Waals surface area contributed by atoms with Crippen LogP contribution in [0, 0.1) is 5.92 Å². The highest BCUT2D eigenvalue weighted by molar-refractivity contribution is 6.31. The molecule has 0 aromatic heterocycles. The molecule has 0 aliphatic carbocycles. The van der Waals surface area contributed by atoms with E-state index in [1.165, 1.54) is 0 Å². The van der Waals surface area contributed by atoms with Crippen LogP contribution in [0.5, 0.6) is 0 Å². The first-order valence-corrected chi connectivity index (χ1v) is 8.67. The third-order valence-corrected chi connectivity index (χ3v) is 4.42. The molecule has 0 saturated carbocycles. The average Bonchev–Trinajstić information content (AvgIpc) is 2.58. The van der Waals surface area contributed by atoms with E-state index in [9.17, 15) is 9.90 Å². The third kappa shape index (κ3) is 5.29. The van der Waals surface area contributed by atoms with Crippen LogP contribution < -0.4 is 15.5 Å². The molecule has 2 rings (SSSR count). The zero-order valence-corrected chi connectivity index (χ0v) is 14.4. The second-order valence-electron chi connectivity index (χ2n) is 5.98. The summed E-state index contributed by atoms with van der Waals surface area (Å²) in [5.41, 5.74) is 1.95. The van der Waals surface area contributed by atoms with Crippen LogP contribution in [-0.2, 0) is 4.79 Å². The number of benzene rings is 1. The van der Waals surface area contributed by atoms with Gasteiger partial charge in [0.1, 0.15) is 0 Å². The fraction of sp³-hybridized carbons (Fsp3) is 0.588. The second kappa shape index (κ2) is 8.99. The number of nitrogens with one attached hydrogen (secondary N) is 2. The van der Waals surface area contributed by atoms with Crippen molar-refractivity contribution in [3.63, 3.8) is 0 Å². The number of halogens is 1. The van der Waals surface area contributed by atoms with Gasteiger partial charge in [-0.3, -0.25) is 4.79 Å². The van der Waals surface area contributed by atoms with Gasteiger partial charge in [-0.25, -0.2) is 0 Å². The van der Waals surface area contributed by atoms with E-state index in [0.717, 1.165) is 43.7 Å². The standard InChI is InChI=1S/C17H26ClN3O2/c1-2-7-19-17(23)11-20-15-10-14(18)3-4-16(15)21-8-5-13(12-22)6-9-21/h3-4,10,13,20,22H,2,5-9,11-12H2,1H3,(H,19,23). The number of hydrogen-bond acceptors (Lipinski definition) is 4. The molecular weight excluding hydrogens is 314 g/mol. The molecule has 1 heterocycles. The minimum atomic E-state index is -0.0169. The highest BCUT2D eigenvalue weighted by Gasteiger charge is 2.20. The number of carbonyl (C=O) groups excluding carboxylic acids is 1. The molecule has 1 aliphatic rings. The van der Waals surface area contributed by atoms with Crippen LogP contribution in [0.3, 0.4) is 0 Å². The number of anilines is 2. The van der Waals surface area contributed by atoms with Gasteiger partial charge in [0.15, 0.2) is 0 Å². The molecule has 6 heteroatoms. The lowest BCUT2D eigenvalue weighted by Crippen LogP contribution is -2.35. The molecule has 1 fully saturated rings. The summed E-state index contributed by atoms with van der Waals surface area (Å²) in [5, 5.41) is 16.0. The maximum atomic E-state index is 11.8. The van der Waals surface area contributed by atoms with Crippen LogP contribution in [0.1, 0.15) is 26.2 Å². The van der Waals surface area contributed by atoms with Gasteiger partial charge in [0.05, 0.1) is 17.9 Å². The number of hydrogen-bond donors (Lipinski definition) is 3. The van der Waals surface area contributed by atoms with E-state index in [4.69, 9.17) is 11.6 Å². The Morgan fingerprint density at radius 2 is 2.13 bits per heavy atom. The fourth-order valence-electron chi connectivity index (χ4n) is 2.78. The smallest absolute Gasteiger partial charge is 0.239 e. The van der Waals surface area contributed by atoms with Gasteiger partial charge in [-0.1, -0.05) is 18.5 Å². The van der Waals surface area contributed by atoms with Crippen LogP contribution >= 0.6 is 11.6 Å². The molecule has 1 saturated heterocycles. The predicted molar refractivity (Wildman–Crippen MR) is 95.3 cm³/mol. The van der Waals surface area contributed by atoms with Gasteiger partial charge >= 0.3 is 0 Å². The number of amides is 1. The molecule has 0 atom stereocenters. The Hall–Kier alpha value is -1.46. The quantitative estimate of drug-likeness (QED) is 0.714. The highest BCUT2D eigenvalue weighted by atomic mass is 35.5. The van der Waals surface area contributed by atoms with Gasteiger partial charge in [0.2, 0.25) is 5.91 Å². The molecule has 0 unspecified atom stereocenters. The Labute approximate surface area is 143 Å². The Kier molecular flexibility index (Phi) is 6.99. The minimum Gasteiger partial charge on any atom is -0.396 e. The van der Waals surface area contributed by atoms with Crippen molar-refractivity contribution in [1.29, 1.82) is 0 Å². The Bertz CT molecular complexity index is 517. The first-order chi connectivity index (χ1) is 11.1. The van der Waals surface area contributed by atoms with Crippen molar-refractivity contribution in [2.45, 2.75) is 26.2 Å². The third-order valence-electron chi connectivity index (χ3n) is 4.18. The van der Waals surface area contributed by atoms with E-state index in [-0.39, 0.29) is 19.1 Å². The van der Waals surface area contributed by atoms with Gasteiger partial charge in [-0.2, -0.15) is 0 Å². The summed E-state index contributed by atoms with van der Waals surface area (Å²) >= 11 is 6.11. The Morgan fingerprint density at radius 3 is 2.78 bits per heavy atom. The molecule has 3 N–H and O–H groups in total. The van der Waals surface area contributed by atoms with E-state index >= 15 is 0 Å². The van der Waals surface area contributed by atoms with Crippen LogP contribution in [0.15, 0.2) is 18.2 Å². The predicted octanol–water partition coefficient (Wildman–Crippen LogP) is 2.49. The van der Waals surface area contributed by atoms with Crippen molar-refractivity contribution in [2.24, 2.45) is 5.92 Å². The zero-order valence-electron chi connectivity index (χ0n) is 13.6. The second-order valence-corrected chi connectivity index (χ2v) is 6.41. The summed E-state index contributed by atoms with van der Waals surface area (Å²) in [6, 6.07) is 5.73. The molecule has 0 radical (unpaired) electrons. The summed E-state index contributed by atoms with van der Waals surface area (Å²) in [7, 11) is 0. The van der Waals surface area contributed by atoms with Gasteiger partial charge in [0, 0.05) is 31.3 Å². The van der Waals surface area contributed by atoms with E-state index < -0.39 is 0 Å². The Balaban J connectivity index is 2.01.